The summed E-state index contributed by atoms with van der Waals surface area (Å²) in [5.74, 6) is 0. The molecule has 0 N–H and O–H groups in total. The molecule has 0 saturated carbocycles. The number of benzene rings is 3. The summed E-state index contributed by atoms with van der Waals surface area (Å²) < 4.78 is 28.6. The fraction of sp³-hybridized carbons (Fsp3) is 0.0833. The van der Waals surface area contributed by atoms with Crippen molar-refractivity contribution in [3.05, 3.63) is 108 Å². The van der Waals surface area contributed by atoms with Crippen molar-refractivity contribution in [2.75, 3.05) is 0 Å². The van der Waals surface area contributed by atoms with Gasteiger partial charge in [0.25, 0.3) is 0 Å². The van der Waals surface area contributed by atoms with Crippen molar-refractivity contribution < 1.29 is 8.42 Å². The van der Waals surface area contributed by atoms with Crippen LogP contribution in [-0.4, -0.2) is 37.9 Å². The summed E-state index contributed by atoms with van der Waals surface area (Å²) in [6.45, 7) is 0.271. The molecule has 0 saturated heterocycles. The Hall–Kier alpha value is -3.66. The number of fused-ring (bicyclic) bond motifs is 1. The fourth-order valence-electron chi connectivity index (χ4n) is 3.60. The lowest BCUT2D eigenvalue weighted by Crippen LogP contribution is -2.30. The summed E-state index contributed by atoms with van der Waals surface area (Å²) in [6.07, 6.45) is 3.11. The van der Waals surface area contributed by atoms with Crippen molar-refractivity contribution in [2.24, 2.45) is 0 Å². The van der Waals surface area contributed by atoms with Crippen LogP contribution in [0.25, 0.3) is 16.5 Å². The van der Waals surface area contributed by atoms with Gasteiger partial charge in [-0.05, 0) is 58.6 Å². The Morgan fingerprint density at radius 2 is 1.62 bits per heavy atom. The van der Waals surface area contributed by atoms with Gasteiger partial charge in [-0.2, -0.15) is 4.31 Å². The predicted octanol–water partition coefficient (Wildman–Crippen LogP) is 4.26. The third-order valence-corrected chi connectivity index (χ3v) is 7.41. The van der Waals surface area contributed by atoms with Gasteiger partial charge in [0.2, 0.25) is 10.0 Å². The second kappa shape index (κ2) is 9.30. The minimum absolute atomic E-state index is 0.113. The molecule has 0 amide bonds. The summed E-state index contributed by atoms with van der Waals surface area (Å²) >= 11 is 5.98. The third-order valence-electron chi connectivity index (χ3n) is 5.35. The predicted molar refractivity (Wildman–Crippen MR) is 129 cm³/mol. The fourth-order valence-corrected chi connectivity index (χ4v) is 5.13. The number of hydrogen-bond acceptors (Lipinski definition) is 6. The number of tetrazole rings is 1. The highest BCUT2D eigenvalue weighted by atomic mass is 35.5. The summed E-state index contributed by atoms with van der Waals surface area (Å²) in [7, 11) is -3.83. The van der Waals surface area contributed by atoms with E-state index >= 15 is 0 Å². The molecular weight excluding hydrogens is 472 g/mol. The molecule has 0 unspecified atom stereocenters. The second-order valence-electron chi connectivity index (χ2n) is 7.64. The van der Waals surface area contributed by atoms with E-state index in [4.69, 9.17) is 11.6 Å². The van der Waals surface area contributed by atoms with Gasteiger partial charge < -0.3 is 0 Å². The zero-order valence-electron chi connectivity index (χ0n) is 17.9. The van der Waals surface area contributed by atoms with E-state index in [1.54, 1.807) is 18.3 Å². The first-order valence-electron chi connectivity index (χ1n) is 10.4. The topological polar surface area (TPSA) is 93.9 Å². The molecule has 0 aliphatic carbocycles. The number of nitrogens with zero attached hydrogens (tertiary/aromatic N) is 6. The summed E-state index contributed by atoms with van der Waals surface area (Å²) in [6, 6.07) is 23.2. The van der Waals surface area contributed by atoms with Gasteiger partial charge in [0.15, 0.2) is 6.33 Å². The molecule has 10 heteroatoms. The second-order valence-corrected chi connectivity index (χ2v) is 10.0. The quantitative estimate of drug-likeness (QED) is 0.338. The van der Waals surface area contributed by atoms with Crippen LogP contribution in [0.15, 0.2) is 96.3 Å². The molecule has 3 aromatic carbocycles. The maximum absolute atomic E-state index is 13.6. The maximum Gasteiger partial charge on any atom is 0.243 e. The van der Waals surface area contributed by atoms with Gasteiger partial charge in [0.1, 0.15) is 0 Å². The van der Waals surface area contributed by atoms with Crippen molar-refractivity contribution in [1.29, 1.82) is 0 Å². The van der Waals surface area contributed by atoms with Crippen LogP contribution >= 0.6 is 11.6 Å². The lowest BCUT2D eigenvalue weighted by Gasteiger charge is -2.22. The first kappa shape index (κ1) is 22.1. The van der Waals surface area contributed by atoms with Crippen LogP contribution in [-0.2, 0) is 23.1 Å². The van der Waals surface area contributed by atoms with E-state index in [1.807, 2.05) is 54.6 Å². The Morgan fingerprint density at radius 3 is 2.32 bits per heavy atom. The van der Waals surface area contributed by atoms with Crippen LogP contribution in [0.4, 0.5) is 0 Å². The van der Waals surface area contributed by atoms with Gasteiger partial charge >= 0.3 is 0 Å². The highest BCUT2D eigenvalue weighted by Crippen LogP contribution is 2.24. The van der Waals surface area contributed by atoms with Crippen molar-refractivity contribution in [3.8, 4) is 5.69 Å². The molecule has 0 bridgehead atoms. The summed E-state index contributed by atoms with van der Waals surface area (Å²) in [5.41, 5.74) is 2.19. The number of halogens is 1. The van der Waals surface area contributed by atoms with Crippen molar-refractivity contribution in [2.45, 2.75) is 18.0 Å². The number of aromatic nitrogens is 5. The monoisotopic (exact) mass is 490 g/mol. The van der Waals surface area contributed by atoms with Gasteiger partial charge in [-0.3, -0.25) is 4.98 Å². The molecule has 2 heterocycles. The molecule has 0 aliphatic heterocycles. The number of pyridine rings is 1. The molecule has 34 heavy (non-hydrogen) atoms. The Balaban J connectivity index is 1.48. The van der Waals surface area contributed by atoms with Crippen LogP contribution in [0.2, 0.25) is 5.02 Å². The largest absolute Gasteiger partial charge is 0.259 e. The SMILES string of the molecule is O=S(=O)(c1ccc(Cl)cc1)N(Cc1ccc(-n2ncnn2)cc1)Cc1cc2ccccc2cn1. The van der Waals surface area contributed by atoms with Crippen molar-refractivity contribution in [1.82, 2.24) is 29.5 Å². The number of rotatable bonds is 7. The van der Waals surface area contributed by atoms with Gasteiger partial charge in [0, 0.05) is 23.2 Å². The average molecular weight is 491 g/mol. The highest BCUT2D eigenvalue weighted by Gasteiger charge is 2.25. The molecule has 8 nitrogen and oxygen atoms in total. The minimum atomic E-state index is -3.83. The van der Waals surface area contributed by atoms with Crippen LogP contribution < -0.4 is 0 Å². The molecule has 0 atom stereocenters. The van der Waals surface area contributed by atoms with Gasteiger partial charge in [-0.15, -0.1) is 15.0 Å². The van der Waals surface area contributed by atoms with E-state index in [1.165, 1.54) is 27.6 Å². The molecular formula is C24H19ClN6O2S. The summed E-state index contributed by atoms with van der Waals surface area (Å²) in [5, 5.41) is 14.1. The van der Waals surface area contributed by atoms with E-state index < -0.39 is 10.0 Å². The van der Waals surface area contributed by atoms with E-state index in [9.17, 15) is 8.42 Å². The zero-order valence-corrected chi connectivity index (χ0v) is 19.4. The molecule has 0 aliphatic rings. The standard InChI is InChI=1S/C24H19ClN6O2S/c25-21-7-11-24(12-8-21)34(32,33)30(16-22-13-19-3-1-2-4-20(19)14-26-22)15-18-5-9-23(10-6-18)31-28-17-27-29-31/h1-14,17H,15-16H2. The summed E-state index contributed by atoms with van der Waals surface area (Å²) in [4.78, 5) is 6.07. The maximum atomic E-state index is 13.6. The molecule has 5 rings (SSSR count). The van der Waals surface area contributed by atoms with Crippen LogP contribution in [0.3, 0.4) is 0 Å². The third kappa shape index (κ3) is 4.67. The zero-order chi connectivity index (χ0) is 23.5. The smallest absolute Gasteiger partial charge is 0.243 e. The molecule has 0 fully saturated rings. The Bertz CT molecular complexity index is 1520. The van der Waals surface area contributed by atoms with Gasteiger partial charge in [-0.25, -0.2) is 8.42 Å². The normalized spacial score (nSPS) is 11.8. The van der Waals surface area contributed by atoms with Crippen molar-refractivity contribution in [3.63, 3.8) is 0 Å². The van der Waals surface area contributed by atoms with E-state index in [0.717, 1.165) is 22.0 Å². The van der Waals surface area contributed by atoms with Crippen molar-refractivity contribution >= 4 is 32.4 Å². The lowest BCUT2D eigenvalue weighted by atomic mass is 10.1. The van der Waals surface area contributed by atoms with E-state index in [2.05, 4.69) is 20.4 Å². The van der Waals surface area contributed by atoms with E-state index in [0.29, 0.717) is 10.7 Å². The first-order chi connectivity index (χ1) is 16.5. The molecule has 5 aromatic rings. The average Bonchev–Trinajstić information content (AvgIpc) is 3.39. The van der Waals surface area contributed by atoms with Gasteiger partial charge in [0.05, 0.1) is 22.8 Å². The van der Waals surface area contributed by atoms with Crippen LogP contribution in [0.1, 0.15) is 11.3 Å². The lowest BCUT2D eigenvalue weighted by molar-refractivity contribution is 0.397. The Morgan fingerprint density at radius 1 is 0.882 bits per heavy atom. The van der Waals surface area contributed by atoms with Crippen LogP contribution in [0, 0.1) is 0 Å². The number of sulfonamides is 1. The molecule has 170 valence electrons. The molecule has 0 radical (unpaired) electrons. The number of hydrogen-bond donors (Lipinski definition) is 0. The Labute approximate surface area is 201 Å². The first-order valence-corrected chi connectivity index (χ1v) is 12.2. The highest BCUT2D eigenvalue weighted by molar-refractivity contribution is 7.89. The minimum Gasteiger partial charge on any atom is -0.259 e. The Kier molecular flexibility index (Phi) is 6.06. The van der Waals surface area contributed by atoms with E-state index in [-0.39, 0.29) is 18.0 Å². The molecule has 2 aromatic heterocycles. The van der Waals surface area contributed by atoms with Gasteiger partial charge in [-0.1, -0.05) is 48.0 Å². The molecule has 0 spiro atoms. The van der Waals surface area contributed by atoms with Crippen LogP contribution in [0.5, 0.6) is 0 Å².